The first-order valence-electron chi connectivity index (χ1n) is 7.47. The summed E-state index contributed by atoms with van der Waals surface area (Å²) >= 11 is 0. The van der Waals surface area contributed by atoms with E-state index in [9.17, 15) is 13.6 Å². The van der Waals surface area contributed by atoms with E-state index in [1.54, 1.807) is 6.92 Å². The maximum absolute atomic E-state index is 13.8. The first-order chi connectivity index (χ1) is 8.99. The van der Waals surface area contributed by atoms with Gasteiger partial charge in [0.1, 0.15) is 12.3 Å². The Morgan fingerprint density at radius 3 is 2.26 bits per heavy atom. The topological polar surface area (TPSA) is 26.3 Å². The fourth-order valence-corrected chi connectivity index (χ4v) is 3.13. The standard InChI is InChI=1S/C15H24F2O2.H2/c1-9-3-6-11(7-4-9)15(18)19-12-8-5-10(2)13(16)14(12)17;/h9-14H,3-8H2,1-2H3;1H. The molecule has 0 aromatic carbocycles. The van der Waals surface area contributed by atoms with Gasteiger partial charge in [-0.25, -0.2) is 8.78 Å². The summed E-state index contributed by atoms with van der Waals surface area (Å²) < 4.78 is 32.7. The van der Waals surface area contributed by atoms with Gasteiger partial charge in [-0.15, -0.1) is 0 Å². The Morgan fingerprint density at radius 1 is 1.00 bits per heavy atom. The molecule has 2 nitrogen and oxygen atoms in total. The molecule has 0 aliphatic heterocycles. The minimum atomic E-state index is -1.66. The number of carbonyl (C=O) groups is 1. The van der Waals surface area contributed by atoms with Crippen LogP contribution in [-0.4, -0.2) is 24.4 Å². The molecular formula is C15H26F2O2. The molecule has 0 saturated heterocycles. The zero-order valence-corrected chi connectivity index (χ0v) is 11.8. The maximum Gasteiger partial charge on any atom is 0.309 e. The molecule has 2 saturated carbocycles. The van der Waals surface area contributed by atoms with Crippen molar-refractivity contribution < 1.29 is 19.7 Å². The molecule has 112 valence electrons. The highest BCUT2D eigenvalue weighted by molar-refractivity contribution is 5.72. The Labute approximate surface area is 115 Å². The predicted octanol–water partition coefficient (Wildman–Crippen LogP) is 4.08. The number of halogens is 2. The molecule has 0 amide bonds. The van der Waals surface area contributed by atoms with Crippen LogP contribution < -0.4 is 0 Å². The molecule has 2 fully saturated rings. The average Bonchev–Trinajstić information content (AvgIpc) is 2.40. The van der Waals surface area contributed by atoms with Gasteiger partial charge in [0, 0.05) is 1.43 Å². The molecule has 0 radical (unpaired) electrons. The monoisotopic (exact) mass is 276 g/mol. The van der Waals surface area contributed by atoms with Crippen LogP contribution >= 0.6 is 0 Å². The number of carbonyl (C=O) groups excluding carboxylic acids is 1. The van der Waals surface area contributed by atoms with Crippen molar-refractivity contribution in [2.24, 2.45) is 17.8 Å². The summed E-state index contributed by atoms with van der Waals surface area (Å²) in [7, 11) is 0. The predicted molar refractivity (Wildman–Crippen MR) is 71.3 cm³/mol. The van der Waals surface area contributed by atoms with Gasteiger partial charge in [0.2, 0.25) is 0 Å². The highest BCUT2D eigenvalue weighted by atomic mass is 19.2. The Morgan fingerprint density at radius 2 is 1.63 bits per heavy atom. The van der Waals surface area contributed by atoms with E-state index in [4.69, 9.17) is 4.74 Å². The molecule has 4 unspecified atom stereocenters. The van der Waals surface area contributed by atoms with Crippen molar-refractivity contribution in [3.05, 3.63) is 0 Å². The van der Waals surface area contributed by atoms with Gasteiger partial charge in [0.05, 0.1) is 5.92 Å². The summed E-state index contributed by atoms with van der Waals surface area (Å²) in [4.78, 5) is 12.0. The molecule has 2 aliphatic rings. The van der Waals surface area contributed by atoms with Crippen LogP contribution in [-0.2, 0) is 9.53 Å². The van der Waals surface area contributed by atoms with Crippen LogP contribution in [0.15, 0.2) is 0 Å². The van der Waals surface area contributed by atoms with Crippen LogP contribution in [0.5, 0.6) is 0 Å². The molecule has 4 heteroatoms. The molecule has 4 atom stereocenters. The van der Waals surface area contributed by atoms with E-state index in [0.29, 0.717) is 18.8 Å². The van der Waals surface area contributed by atoms with Crippen molar-refractivity contribution in [1.82, 2.24) is 0 Å². The number of ether oxygens (including phenoxy) is 1. The van der Waals surface area contributed by atoms with Gasteiger partial charge in [0.25, 0.3) is 0 Å². The molecule has 0 aromatic rings. The summed E-state index contributed by atoms with van der Waals surface area (Å²) in [6, 6.07) is 0. The normalized spacial score (nSPS) is 43.8. The lowest BCUT2D eigenvalue weighted by Crippen LogP contribution is -2.43. The van der Waals surface area contributed by atoms with Crippen molar-refractivity contribution in [2.45, 2.75) is 70.8 Å². The molecule has 2 rings (SSSR count). The summed E-state index contributed by atoms with van der Waals surface area (Å²) in [6.45, 7) is 3.88. The van der Waals surface area contributed by atoms with Gasteiger partial charge in [0.15, 0.2) is 6.17 Å². The van der Waals surface area contributed by atoms with Crippen LogP contribution in [0.3, 0.4) is 0 Å². The lowest BCUT2D eigenvalue weighted by Gasteiger charge is -2.34. The van der Waals surface area contributed by atoms with Crippen molar-refractivity contribution in [2.75, 3.05) is 0 Å². The minimum Gasteiger partial charge on any atom is -0.459 e. The van der Waals surface area contributed by atoms with Crippen molar-refractivity contribution in [1.29, 1.82) is 0 Å². The quantitative estimate of drug-likeness (QED) is 0.710. The third-order valence-corrected chi connectivity index (χ3v) is 4.73. The van der Waals surface area contributed by atoms with Gasteiger partial charge in [-0.05, 0) is 50.4 Å². The minimum absolute atomic E-state index is 0. The number of hydrogen-bond acceptors (Lipinski definition) is 2. The molecule has 0 spiro atoms. The average molecular weight is 276 g/mol. The second-order valence-corrected chi connectivity index (χ2v) is 6.38. The van der Waals surface area contributed by atoms with E-state index >= 15 is 0 Å². The fourth-order valence-electron chi connectivity index (χ4n) is 3.13. The van der Waals surface area contributed by atoms with Gasteiger partial charge in [-0.1, -0.05) is 13.8 Å². The molecule has 19 heavy (non-hydrogen) atoms. The number of hydrogen-bond donors (Lipinski definition) is 0. The van der Waals surface area contributed by atoms with Crippen LogP contribution in [0.1, 0.15) is 53.8 Å². The third-order valence-electron chi connectivity index (χ3n) is 4.73. The summed E-state index contributed by atoms with van der Waals surface area (Å²) in [5.74, 6) is -0.0497. The lowest BCUT2D eigenvalue weighted by molar-refractivity contribution is -0.164. The van der Waals surface area contributed by atoms with Crippen molar-refractivity contribution in [3.8, 4) is 0 Å². The van der Waals surface area contributed by atoms with Crippen molar-refractivity contribution in [3.63, 3.8) is 0 Å². The van der Waals surface area contributed by atoms with Crippen LogP contribution in [0, 0.1) is 17.8 Å². The van der Waals surface area contributed by atoms with Gasteiger partial charge < -0.3 is 4.74 Å². The maximum atomic E-state index is 13.8. The third kappa shape index (κ3) is 3.46. The molecular weight excluding hydrogens is 250 g/mol. The Kier molecular flexibility index (Phi) is 4.80. The number of esters is 1. The van der Waals surface area contributed by atoms with Crippen molar-refractivity contribution >= 4 is 5.97 Å². The molecule has 0 heterocycles. The van der Waals surface area contributed by atoms with Crippen LogP contribution in [0.4, 0.5) is 8.78 Å². The smallest absolute Gasteiger partial charge is 0.309 e. The van der Waals surface area contributed by atoms with E-state index in [1.807, 2.05) is 0 Å². The second kappa shape index (κ2) is 6.19. The highest BCUT2D eigenvalue weighted by Crippen LogP contribution is 2.34. The highest BCUT2D eigenvalue weighted by Gasteiger charge is 2.41. The Bertz CT molecular complexity index is 319. The van der Waals surface area contributed by atoms with E-state index in [0.717, 1.165) is 25.7 Å². The summed E-state index contributed by atoms with van der Waals surface area (Å²) in [5.41, 5.74) is 0. The second-order valence-electron chi connectivity index (χ2n) is 6.38. The molecule has 0 bridgehead atoms. The van der Waals surface area contributed by atoms with E-state index in [2.05, 4.69) is 6.92 Å². The molecule has 0 N–H and O–H groups in total. The molecule has 0 aromatic heterocycles. The van der Waals surface area contributed by atoms with Gasteiger partial charge >= 0.3 is 5.97 Å². The van der Waals surface area contributed by atoms with Crippen LogP contribution in [0.25, 0.3) is 0 Å². The van der Waals surface area contributed by atoms with E-state index in [-0.39, 0.29) is 19.2 Å². The zero-order chi connectivity index (χ0) is 14.0. The van der Waals surface area contributed by atoms with Crippen LogP contribution in [0.2, 0.25) is 0 Å². The van der Waals surface area contributed by atoms with E-state index < -0.39 is 18.4 Å². The summed E-state index contributed by atoms with van der Waals surface area (Å²) in [6.07, 6.45) is 0.668. The lowest BCUT2D eigenvalue weighted by atomic mass is 9.82. The first-order valence-corrected chi connectivity index (χ1v) is 7.47. The number of rotatable bonds is 2. The first kappa shape index (κ1) is 14.7. The fraction of sp³-hybridized carbons (Fsp3) is 0.933. The van der Waals surface area contributed by atoms with Gasteiger partial charge in [-0.3, -0.25) is 4.79 Å². The largest absolute Gasteiger partial charge is 0.459 e. The number of alkyl halides is 2. The zero-order valence-electron chi connectivity index (χ0n) is 11.8. The Hall–Kier alpha value is -0.670. The molecule has 2 aliphatic carbocycles. The Balaban J connectivity index is 0.00000200. The SMILES string of the molecule is CC1CCC(C(=O)OC2CCC(C)C(F)C2F)CC1.[HH]. The van der Waals surface area contributed by atoms with E-state index in [1.165, 1.54) is 0 Å². The van der Waals surface area contributed by atoms with Gasteiger partial charge in [-0.2, -0.15) is 0 Å². The summed E-state index contributed by atoms with van der Waals surface area (Å²) in [5, 5.41) is 0.